The first-order valence-corrected chi connectivity index (χ1v) is 8.15. The van der Waals surface area contributed by atoms with Gasteiger partial charge in [-0.25, -0.2) is 0 Å². The Balaban J connectivity index is 2.13. The molecule has 22 heavy (non-hydrogen) atoms. The predicted molar refractivity (Wildman–Crippen MR) is 89.1 cm³/mol. The van der Waals surface area contributed by atoms with Gasteiger partial charge in [-0.15, -0.1) is 0 Å². The van der Waals surface area contributed by atoms with Crippen LogP contribution in [0.5, 0.6) is 0 Å². The molecule has 0 aromatic carbocycles. The molecule has 2 aliphatic rings. The maximum atomic E-state index is 15.0. The molecule has 0 atom stereocenters. The minimum atomic E-state index is -3.97. The van der Waals surface area contributed by atoms with E-state index in [9.17, 15) is 8.63 Å². The molecule has 0 amide bonds. The summed E-state index contributed by atoms with van der Waals surface area (Å²) in [5.74, 6) is 0. The zero-order chi connectivity index (χ0) is 15.5. The summed E-state index contributed by atoms with van der Waals surface area (Å²) in [5.41, 5.74) is 2.25. The number of fused-ring (bicyclic) bond motifs is 2. The van der Waals surface area contributed by atoms with E-state index in [1.165, 1.54) is 0 Å². The largest absolute Gasteiger partial charge is 0.738 e. The van der Waals surface area contributed by atoms with Crippen molar-refractivity contribution in [2.45, 2.75) is 0 Å². The Bertz CT molecular complexity index is 885. The van der Waals surface area contributed by atoms with Crippen molar-refractivity contribution in [3.05, 3.63) is 70.4 Å². The first-order valence-electron chi connectivity index (χ1n) is 6.57. The fourth-order valence-electron chi connectivity index (χ4n) is 2.91. The molecule has 8 heteroatoms. The first kappa shape index (κ1) is 14.1. The zero-order valence-corrected chi connectivity index (χ0v) is 14.2. The topological polar surface area (TPSA) is 20.8 Å². The van der Waals surface area contributed by atoms with Crippen LogP contribution in [0.1, 0.15) is 11.4 Å². The highest BCUT2D eigenvalue weighted by Gasteiger charge is 2.54. The van der Waals surface area contributed by atoms with Gasteiger partial charge in [-0.3, -0.25) is 4.98 Å². The van der Waals surface area contributed by atoms with Crippen LogP contribution in [-0.2, 0) is 0 Å². The third-order valence-corrected chi connectivity index (χ3v) is 5.08. The molecule has 0 saturated carbocycles. The molecule has 110 valence electrons. The quantitative estimate of drug-likeness (QED) is 0.631. The molecule has 3 nitrogen and oxygen atoms in total. The van der Waals surface area contributed by atoms with Gasteiger partial charge in [0.1, 0.15) is 0 Å². The molecule has 0 saturated heterocycles. The van der Waals surface area contributed by atoms with Crippen LogP contribution in [0.3, 0.4) is 0 Å². The average Bonchev–Trinajstić information content (AvgIpc) is 3.06. The molecule has 0 radical (unpaired) electrons. The fourth-order valence-corrected chi connectivity index (χ4v) is 4.04. The van der Waals surface area contributed by atoms with Crippen LogP contribution in [-0.4, -0.2) is 25.5 Å². The number of rotatable bonds is 1. The van der Waals surface area contributed by atoms with Gasteiger partial charge in [0.25, 0.3) is 0 Å². The van der Waals surface area contributed by atoms with Crippen LogP contribution in [0.15, 0.2) is 59.0 Å². The highest BCUT2D eigenvalue weighted by Crippen LogP contribution is 2.41. The van der Waals surface area contributed by atoms with Crippen molar-refractivity contribution in [3.63, 3.8) is 0 Å². The van der Waals surface area contributed by atoms with Crippen LogP contribution in [0.4, 0.5) is 8.63 Å². The lowest BCUT2D eigenvalue weighted by molar-refractivity contribution is -0.358. The standard InChI is InChI=1S/C14H8BBr2F2N3/c16-12-6-4-10-14(9-3-1-2-8-20-9)11-5-7-13(17)22(11)15(18,19)21(10)12/h1-8H. The first-order chi connectivity index (χ1) is 10.5. The van der Waals surface area contributed by atoms with Crippen molar-refractivity contribution >= 4 is 49.0 Å². The van der Waals surface area contributed by atoms with Gasteiger partial charge in [0, 0.05) is 40.0 Å². The molecule has 2 aliphatic heterocycles. The van der Waals surface area contributed by atoms with E-state index in [1.54, 1.807) is 36.5 Å². The lowest BCUT2D eigenvalue weighted by Gasteiger charge is -2.31. The normalized spacial score (nSPS) is 18.7. The Kier molecular flexibility index (Phi) is 3.03. The van der Waals surface area contributed by atoms with Crippen molar-refractivity contribution in [3.8, 4) is 0 Å². The number of hydrogen-bond donors (Lipinski definition) is 0. The minimum Gasteiger partial charge on any atom is -0.389 e. The number of hydrogen-bond acceptors (Lipinski definition) is 1. The van der Waals surface area contributed by atoms with Crippen molar-refractivity contribution in [2.75, 3.05) is 0 Å². The van der Waals surface area contributed by atoms with Gasteiger partial charge in [-0.2, -0.15) is 0 Å². The van der Waals surface area contributed by atoms with Crippen molar-refractivity contribution in [2.24, 2.45) is 0 Å². The molecule has 0 fully saturated rings. The molecule has 0 N–H and O–H groups in total. The van der Waals surface area contributed by atoms with E-state index in [0.717, 1.165) is 8.96 Å². The van der Waals surface area contributed by atoms with Gasteiger partial charge < -0.3 is 17.6 Å². The second kappa shape index (κ2) is 4.73. The smallest absolute Gasteiger partial charge is 0.389 e. The van der Waals surface area contributed by atoms with Gasteiger partial charge in [0.05, 0.1) is 15.9 Å². The van der Waals surface area contributed by atoms with Gasteiger partial charge in [-0.1, -0.05) is 6.07 Å². The van der Waals surface area contributed by atoms with Gasteiger partial charge >= 0.3 is 6.97 Å². The van der Waals surface area contributed by atoms with Crippen LogP contribution < -0.4 is 0 Å². The van der Waals surface area contributed by atoms with E-state index in [1.807, 2.05) is 12.1 Å². The third kappa shape index (κ3) is 1.77. The lowest BCUT2D eigenvalue weighted by Crippen LogP contribution is -2.50. The van der Waals surface area contributed by atoms with Gasteiger partial charge in [0.2, 0.25) is 4.62 Å². The van der Waals surface area contributed by atoms with E-state index in [0.29, 0.717) is 31.9 Å². The second-order valence-electron chi connectivity index (χ2n) is 5.00. The fraction of sp³-hybridized carbons (Fsp3) is 0. The second-order valence-corrected chi connectivity index (χ2v) is 6.63. The van der Waals surface area contributed by atoms with E-state index in [-0.39, 0.29) is 0 Å². The summed E-state index contributed by atoms with van der Waals surface area (Å²) < 4.78 is 32.7. The van der Waals surface area contributed by atoms with E-state index in [2.05, 4.69) is 36.8 Å². The van der Waals surface area contributed by atoms with Crippen molar-refractivity contribution < 1.29 is 13.1 Å². The Morgan fingerprint density at radius 3 is 2.64 bits per heavy atom. The maximum Gasteiger partial charge on any atom is 0.738 e. The number of nitrogens with zero attached hydrogens (tertiary/aromatic N) is 3. The predicted octanol–water partition coefficient (Wildman–Crippen LogP) is 4.02. The molecular weight excluding hydrogens is 419 g/mol. The van der Waals surface area contributed by atoms with Crippen LogP contribution in [0.25, 0.3) is 5.57 Å². The molecule has 2 aromatic rings. The highest BCUT2D eigenvalue weighted by atomic mass is 79.9. The molecule has 0 bridgehead atoms. The van der Waals surface area contributed by atoms with E-state index >= 15 is 0 Å². The minimum absolute atomic E-state index is 0.340. The average molecular weight is 427 g/mol. The summed E-state index contributed by atoms with van der Waals surface area (Å²) in [5, 5.41) is 0. The SMILES string of the molecule is F[B-]1(F)n2c(Br)ccc2C(c2ccccn2)=C2C=CC(Br)=[N+]21. The molecular formula is C14H8BBr2F2N3. The molecule has 4 rings (SSSR count). The monoisotopic (exact) mass is 425 g/mol. The highest BCUT2D eigenvalue weighted by molar-refractivity contribution is 9.18. The van der Waals surface area contributed by atoms with Crippen LogP contribution in [0.2, 0.25) is 0 Å². The Labute approximate surface area is 142 Å². The summed E-state index contributed by atoms with van der Waals surface area (Å²) in [4.78, 5) is 4.33. The van der Waals surface area contributed by atoms with Crippen LogP contribution in [0, 0.1) is 0 Å². The molecule has 2 aromatic heterocycles. The van der Waals surface area contributed by atoms with Crippen LogP contribution >= 0.6 is 31.9 Å². The summed E-state index contributed by atoms with van der Waals surface area (Å²) in [7, 11) is 0. The maximum absolute atomic E-state index is 15.0. The molecule has 0 aliphatic carbocycles. The Morgan fingerprint density at radius 2 is 1.91 bits per heavy atom. The van der Waals surface area contributed by atoms with Gasteiger partial charge in [0.15, 0.2) is 5.70 Å². The Hall–Kier alpha value is -1.54. The summed E-state index contributed by atoms with van der Waals surface area (Å²) >= 11 is 6.46. The van der Waals surface area contributed by atoms with E-state index in [4.69, 9.17) is 0 Å². The summed E-state index contributed by atoms with van der Waals surface area (Å²) in [6, 6.07) is 8.79. The molecule has 0 unspecified atom stereocenters. The van der Waals surface area contributed by atoms with Crippen molar-refractivity contribution in [1.82, 2.24) is 9.46 Å². The number of halogens is 4. The van der Waals surface area contributed by atoms with Crippen molar-refractivity contribution in [1.29, 1.82) is 0 Å². The lowest BCUT2D eigenvalue weighted by atomic mass is 9.88. The number of aromatic nitrogens is 2. The number of allylic oxidation sites excluding steroid dienone is 2. The summed E-state index contributed by atoms with van der Waals surface area (Å²) in [6.07, 6.45) is 4.98. The zero-order valence-electron chi connectivity index (χ0n) is 11.0. The van der Waals surface area contributed by atoms with E-state index < -0.39 is 6.97 Å². The Morgan fingerprint density at radius 1 is 1.09 bits per heavy atom. The van der Waals surface area contributed by atoms with Gasteiger partial charge in [-0.05, 0) is 40.2 Å². The number of pyridine rings is 1. The third-order valence-electron chi connectivity index (χ3n) is 3.79. The molecule has 4 heterocycles. The summed E-state index contributed by atoms with van der Waals surface area (Å²) in [6.45, 7) is -3.97. The molecule has 0 spiro atoms.